The summed E-state index contributed by atoms with van der Waals surface area (Å²) in [5, 5.41) is 10.8. The Labute approximate surface area is 127 Å². The second-order valence-corrected chi connectivity index (χ2v) is 5.10. The highest BCUT2D eigenvalue weighted by Crippen LogP contribution is 2.28. The van der Waals surface area contributed by atoms with Gasteiger partial charge in [0.25, 0.3) is 11.7 Å². The standard InChI is InChI=1S/C13H16N4O3.ClH/c14-7-9-2-1-5-16(8-9)13-15-11-6-10(17(18)19)3-4-12(11)20-13;/h3-4,6,9H,1-2,5,7-8,14H2;1H. The molecule has 1 fully saturated rings. The fraction of sp³-hybridized carbons (Fsp3) is 0.462. The number of benzene rings is 1. The number of anilines is 1. The molecule has 2 N–H and O–H groups in total. The van der Waals surface area contributed by atoms with Gasteiger partial charge in [-0.15, -0.1) is 12.4 Å². The van der Waals surface area contributed by atoms with Gasteiger partial charge in [-0.05, 0) is 31.4 Å². The number of nitrogens with two attached hydrogens (primary N) is 1. The molecule has 2 heterocycles. The zero-order valence-corrected chi connectivity index (χ0v) is 12.2. The Morgan fingerprint density at radius 1 is 1.52 bits per heavy atom. The van der Waals surface area contributed by atoms with Crippen LogP contribution in [0.25, 0.3) is 11.1 Å². The highest BCUT2D eigenvalue weighted by Gasteiger charge is 2.23. The number of oxazole rings is 1. The molecule has 1 unspecified atom stereocenters. The van der Waals surface area contributed by atoms with Crippen LogP contribution in [0.5, 0.6) is 0 Å². The summed E-state index contributed by atoms with van der Waals surface area (Å²) in [5.41, 5.74) is 6.83. The van der Waals surface area contributed by atoms with Crippen LogP contribution in [0.15, 0.2) is 22.6 Å². The van der Waals surface area contributed by atoms with E-state index in [0.717, 1.165) is 25.9 Å². The van der Waals surface area contributed by atoms with Crippen LogP contribution in [0.3, 0.4) is 0 Å². The van der Waals surface area contributed by atoms with Crippen molar-refractivity contribution < 1.29 is 9.34 Å². The normalized spacial score (nSPS) is 18.5. The van der Waals surface area contributed by atoms with Crippen LogP contribution in [0.1, 0.15) is 12.8 Å². The predicted molar refractivity (Wildman–Crippen MR) is 81.9 cm³/mol. The third-order valence-electron chi connectivity index (χ3n) is 3.69. The Morgan fingerprint density at radius 2 is 2.33 bits per heavy atom. The van der Waals surface area contributed by atoms with E-state index in [1.54, 1.807) is 6.07 Å². The quantitative estimate of drug-likeness (QED) is 0.690. The molecule has 0 spiro atoms. The molecule has 0 bridgehead atoms. The van der Waals surface area contributed by atoms with Crippen molar-refractivity contribution in [3.05, 3.63) is 28.3 Å². The van der Waals surface area contributed by atoms with Crippen LogP contribution in [0.4, 0.5) is 11.7 Å². The van der Waals surface area contributed by atoms with Gasteiger partial charge in [0, 0.05) is 25.2 Å². The summed E-state index contributed by atoms with van der Waals surface area (Å²) < 4.78 is 5.69. The lowest BCUT2D eigenvalue weighted by Gasteiger charge is -2.30. The summed E-state index contributed by atoms with van der Waals surface area (Å²) in [6.07, 6.45) is 2.18. The van der Waals surface area contributed by atoms with E-state index >= 15 is 0 Å². The van der Waals surface area contributed by atoms with Crippen LogP contribution < -0.4 is 10.6 Å². The minimum Gasteiger partial charge on any atom is -0.423 e. The summed E-state index contributed by atoms with van der Waals surface area (Å²) in [6, 6.07) is 4.98. The van der Waals surface area contributed by atoms with Gasteiger partial charge in [-0.3, -0.25) is 10.1 Å². The molecule has 1 aromatic carbocycles. The molecule has 0 radical (unpaired) electrons. The Kier molecular flexibility index (Phi) is 4.64. The number of non-ortho nitro benzene ring substituents is 1. The first-order valence-electron chi connectivity index (χ1n) is 6.67. The van der Waals surface area contributed by atoms with E-state index in [1.165, 1.54) is 12.1 Å². The van der Waals surface area contributed by atoms with E-state index in [0.29, 0.717) is 29.6 Å². The van der Waals surface area contributed by atoms with Crippen LogP contribution in [0.2, 0.25) is 0 Å². The van der Waals surface area contributed by atoms with Gasteiger partial charge in [0.2, 0.25) is 0 Å². The Hall–Kier alpha value is -1.86. The van der Waals surface area contributed by atoms with Gasteiger partial charge < -0.3 is 15.1 Å². The molecule has 7 nitrogen and oxygen atoms in total. The number of piperidine rings is 1. The molecule has 2 aromatic rings. The smallest absolute Gasteiger partial charge is 0.298 e. The third kappa shape index (κ3) is 3.08. The molecule has 114 valence electrons. The Morgan fingerprint density at radius 3 is 3.05 bits per heavy atom. The maximum atomic E-state index is 10.8. The van der Waals surface area contributed by atoms with Gasteiger partial charge in [0.05, 0.1) is 4.92 Å². The molecule has 0 amide bonds. The van der Waals surface area contributed by atoms with E-state index in [4.69, 9.17) is 10.2 Å². The molecule has 1 saturated heterocycles. The number of aromatic nitrogens is 1. The number of rotatable bonds is 3. The topological polar surface area (TPSA) is 98.4 Å². The van der Waals surface area contributed by atoms with Gasteiger partial charge in [0.1, 0.15) is 5.52 Å². The van der Waals surface area contributed by atoms with Crippen molar-refractivity contribution in [2.24, 2.45) is 11.7 Å². The summed E-state index contributed by atoms with van der Waals surface area (Å²) in [4.78, 5) is 16.8. The maximum absolute atomic E-state index is 10.8. The number of fused-ring (bicyclic) bond motifs is 1. The number of nitrogens with zero attached hydrogens (tertiary/aromatic N) is 3. The van der Waals surface area contributed by atoms with E-state index < -0.39 is 4.92 Å². The number of nitro benzene ring substituents is 1. The third-order valence-corrected chi connectivity index (χ3v) is 3.69. The molecule has 1 aliphatic heterocycles. The van der Waals surface area contributed by atoms with Gasteiger partial charge in [-0.1, -0.05) is 0 Å². The second-order valence-electron chi connectivity index (χ2n) is 5.10. The Bertz CT molecular complexity index is 645. The lowest BCUT2D eigenvalue weighted by atomic mass is 9.99. The first kappa shape index (κ1) is 15.5. The lowest BCUT2D eigenvalue weighted by Crippen LogP contribution is -2.38. The molecule has 21 heavy (non-hydrogen) atoms. The van der Waals surface area contributed by atoms with Gasteiger partial charge in [0.15, 0.2) is 5.58 Å². The fourth-order valence-electron chi connectivity index (χ4n) is 2.58. The van der Waals surface area contributed by atoms with Crippen LogP contribution in [-0.4, -0.2) is 29.5 Å². The molecule has 0 saturated carbocycles. The number of halogens is 1. The van der Waals surface area contributed by atoms with E-state index in [1.807, 2.05) is 0 Å². The minimum atomic E-state index is -0.431. The van der Waals surface area contributed by atoms with E-state index in [-0.39, 0.29) is 18.1 Å². The minimum absolute atomic E-state index is 0. The van der Waals surface area contributed by atoms with Crippen molar-refractivity contribution in [1.29, 1.82) is 0 Å². The van der Waals surface area contributed by atoms with Crippen molar-refractivity contribution in [3.8, 4) is 0 Å². The second kappa shape index (κ2) is 6.28. The van der Waals surface area contributed by atoms with Crippen molar-refractivity contribution in [2.75, 3.05) is 24.5 Å². The highest BCUT2D eigenvalue weighted by atomic mass is 35.5. The average molecular weight is 313 g/mol. The molecular weight excluding hydrogens is 296 g/mol. The van der Waals surface area contributed by atoms with Crippen molar-refractivity contribution >= 4 is 35.2 Å². The molecule has 3 rings (SSSR count). The van der Waals surface area contributed by atoms with Gasteiger partial charge in [-0.2, -0.15) is 4.98 Å². The van der Waals surface area contributed by atoms with Gasteiger partial charge >= 0.3 is 0 Å². The summed E-state index contributed by atoms with van der Waals surface area (Å²) in [6.45, 7) is 2.36. The summed E-state index contributed by atoms with van der Waals surface area (Å²) >= 11 is 0. The predicted octanol–water partition coefficient (Wildman–Crippen LogP) is 2.33. The zero-order chi connectivity index (χ0) is 14.1. The van der Waals surface area contributed by atoms with E-state index in [9.17, 15) is 10.1 Å². The average Bonchev–Trinajstić information content (AvgIpc) is 2.90. The molecule has 1 aliphatic rings. The number of hydrogen-bond acceptors (Lipinski definition) is 6. The first-order valence-corrected chi connectivity index (χ1v) is 6.67. The molecule has 1 atom stereocenters. The SMILES string of the molecule is Cl.NCC1CCCN(c2nc3cc([N+](=O)[O-])ccc3o2)C1. The van der Waals surface area contributed by atoms with E-state index in [2.05, 4.69) is 9.88 Å². The number of hydrogen-bond donors (Lipinski definition) is 1. The molecule has 1 aromatic heterocycles. The first-order chi connectivity index (χ1) is 9.67. The number of nitro groups is 1. The van der Waals surface area contributed by atoms with Crippen LogP contribution in [-0.2, 0) is 0 Å². The van der Waals surface area contributed by atoms with Gasteiger partial charge in [-0.25, -0.2) is 0 Å². The largest absolute Gasteiger partial charge is 0.423 e. The lowest BCUT2D eigenvalue weighted by molar-refractivity contribution is -0.384. The van der Waals surface area contributed by atoms with Crippen molar-refractivity contribution in [2.45, 2.75) is 12.8 Å². The fourth-order valence-corrected chi connectivity index (χ4v) is 2.58. The van der Waals surface area contributed by atoms with Crippen LogP contribution >= 0.6 is 12.4 Å². The molecule has 0 aliphatic carbocycles. The van der Waals surface area contributed by atoms with Crippen molar-refractivity contribution in [1.82, 2.24) is 4.98 Å². The molecular formula is C13H17ClN4O3. The summed E-state index contributed by atoms with van der Waals surface area (Å²) in [7, 11) is 0. The van der Waals surface area contributed by atoms with Crippen molar-refractivity contribution in [3.63, 3.8) is 0 Å². The Balaban J connectivity index is 0.00000161. The van der Waals surface area contributed by atoms with Crippen LogP contribution in [0, 0.1) is 16.0 Å². The zero-order valence-electron chi connectivity index (χ0n) is 11.4. The summed E-state index contributed by atoms with van der Waals surface area (Å²) in [5.74, 6) is 0.452. The molecule has 8 heteroatoms. The maximum Gasteiger partial charge on any atom is 0.298 e. The monoisotopic (exact) mass is 312 g/mol. The highest BCUT2D eigenvalue weighted by molar-refractivity contribution is 5.85.